The van der Waals surface area contributed by atoms with E-state index in [-0.39, 0.29) is 5.54 Å². The lowest BCUT2D eigenvalue weighted by Crippen LogP contribution is -2.43. The number of halogens is 1. The molecular formula is C12H13BrN4. The van der Waals surface area contributed by atoms with Crippen molar-refractivity contribution in [1.29, 1.82) is 0 Å². The number of nitrogens with two attached hydrogens (primary N) is 1. The van der Waals surface area contributed by atoms with E-state index in [4.69, 9.17) is 5.73 Å². The first kappa shape index (κ1) is 10.9. The Balaban J connectivity index is 2.00. The molecule has 3 rings (SSSR count). The predicted octanol–water partition coefficient (Wildman–Crippen LogP) is 2.37. The number of rotatable bonds is 2. The van der Waals surface area contributed by atoms with E-state index < -0.39 is 0 Å². The fraction of sp³-hybridized carbons (Fsp3) is 0.333. The van der Waals surface area contributed by atoms with Gasteiger partial charge in [0, 0.05) is 10.0 Å². The molecule has 1 aliphatic rings. The summed E-state index contributed by atoms with van der Waals surface area (Å²) in [6.45, 7) is 0. The van der Waals surface area contributed by atoms with Gasteiger partial charge in [-0.3, -0.25) is 0 Å². The van der Waals surface area contributed by atoms with E-state index in [1.807, 2.05) is 6.07 Å². The van der Waals surface area contributed by atoms with Crippen molar-refractivity contribution >= 4 is 15.9 Å². The zero-order valence-electron chi connectivity index (χ0n) is 9.31. The molecule has 0 radical (unpaired) electrons. The topological polar surface area (TPSA) is 56.7 Å². The molecule has 0 aliphatic heterocycles. The van der Waals surface area contributed by atoms with Crippen LogP contribution in [0.25, 0.3) is 5.69 Å². The standard InChI is InChI=1S/C12H13BrN4/c13-10-6-9(12(14)4-1-5-12)2-3-11(10)17-8-15-7-16-17/h2-3,6-8H,1,4-5,14H2. The summed E-state index contributed by atoms with van der Waals surface area (Å²) in [6.07, 6.45) is 6.57. The fourth-order valence-corrected chi connectivity index (χ4v) is 2.74. The zero-order chi connectivity index (χ0) is 11.9. The van der Waals surface area contributed by atoms with E-state index in [1.165, 1.54) is 18.3 Å². The summed E-state index contributed by atoms with van der Waals surface area (Å²) < 4.78 is 2.73. The van der Waals surface area contributed by atoms with E-state index in [2.05, 4.69) is 38.1 Å². The highest BCUT2D eigenvalue weighted by atomic mass is 79.9. The molecule has 0 atom stereocenters. The van der Waals surface area contributed by atoms with E-state index >= 15 is 0 Å². The Kier molecular flexibility index (Phi) is 2.52. The second-order valence-electron chi connectivity index (χ2n) is 4.52. The quantitative estimate of drug-likeness (QED) is 0.924. The monoisotopic (exact) mass is 292 g/mol. The van der Waals surface area contributed by atoms with Crippen LogP contribution in [0.5, 0.6) is 0 Å². The summed E-state index contributed by atoms with van der Waals surface area (Å²) in [5, 5.41) is 4.12. The van der Waals surface area contributed by atoms with Crippen LogP contribution in [0.4, 0.5) is 0 Å². The van der Waals surface area contributed by atoms with Gasteiger partial charge < -0.3 is 5.73 Å². The predicted molar refractivity (Wildman–Crippen MR) is 68.8 cm³/mol. The van der Waals surface area contributed by atoms with Crippen LogP contribution in [0.1, 0.15) is 24.8 Å². The van der Waals surface area contributed by atoms with Crippen LogP contribution in [0, 0.1) is 0 Å². The number of aromatic nitrogens is 3. The first-order chi connectivity index (χ1) is 8.19. The summed E-state index contributed by atoms with van der Waals surface area (Å²) in [6, 6.07) is 6.21. The minimum absolute atomic E-state index is 0.122. The second-order valence-corrected chi connectivity index (χ2v) is 5.37. The van der Waals surface area contributed by atoms with E-state index in [9.17, 15) is 0 Å². The Morgan fingerprint density at radius 3 is 2.71 bits per heavy atom. The fourth-order valence-electron chi connectivity index (χ4n) is 2.18. The highest BCUT2D eigenvalue weighted by molar-refractivity contribution is 9.10. The van der Waals surface area contributed by atoms with Gasteiger partial charge >= 0.3 is 0 Å². The lowest BCUT2D eigenvalue weighted by Gasteiger charge is -2.38. The maximum atomic E-state index is 6.31. The summed E-state index contributed by atoms with van der Waals surface area (Å²) in [4.78, 5) is 3.94. The average molecular weight is 293 g/mol. The molecule has 4 nitrogen and oxygen atoms in total. The van der Waals surface area contributed by atoms with Crippen molar-refractivity contribution < 1.29 is 0 Å². The smallest absolute Gasteiger partial charge is 0.138 e. The molecule has 1 aromatic heterocycles. The summed E-state index contributed by atoms with van der Waals surface area (Å²) >= 11 is 3.57. The van der Waals surface area contributed by atoms with E-state index in [0.717, 1.165) is 23.0 Å². The van der Waals surface area contributed by atoms with E-state index in [1.54, 1.807) is 11.0 Å². The largest absolute Gasteiger partial charge is 0.321 e. The Labute approximate surface area is 108 Å². The SMILES string of the molecule is NC1(c2ccc(-n3cncn3)c(Br)c2)CCC1. The van der Waals surface area contributed by atoms with Gasteiger partial charge in [0.15, 0.2) is 0 Å². The molecule has 0 amide bonds. The van der Waals surface area contributed by atoms with Crippen molar-refractivity contribution in [3.63, 3.8) is 0 Å². The average Bonchev–Trinajstić information content (AvgIpc) is 2.79. The molecule has 0 saturated heterocycles. The van der Waals surface area contributed by atoms with Crippen molar-refractivity contribution in [2.75, 3.05) is 0 Å². The maximum absolute atomic E-state index is 6.31. The highest BCUT2D eigenvalue weighted by Crippen LogP contribution is 2.40. The highest BCUT2D eigenvalue weighted by Gasteiger charge is 2.34. The Morgan fingerprint density at radius 1 is 1.35 bits per heavy atom. The van der Waals surface area contributed by atoms with Crippen molar-refractivity contribution in [3.8, 4) is 5.69 Å². The molecule has 5 heteroatoms. The lowest BCUT2D eigenvalue weighted by atomic mass is 9.73. The molecule has 88 valence electrons. The molecular weight excluding hydrogens is 280 g/mol. The number of hydrogen-bond donors (Lipinski definition) is 1. The van der Waals surface area contributed by atoms with Gasteiger partial charge in [-0.2, -0.15) is 5.10 Å². The van der Waals surface area contributed by atoms with Crippen LogP contribution in [-0.2, 0) is 5.54 Å². The molecule has 2 N–H and O–H groups in total. The molecule has 17 heavy (non-hydrogen) atoms. The Hall–Kier alpha value is -1.20. The first-order valence-corrected chi connectivity index (χ1v) is 6.42. The second kappa shape index (κ2) is 3.92. The molecule has 1 saturated carbocycles. The van der Waals surface area contributed by atoms with Gasteiger partial charge in [-0.25, -0.2) is 9.67 Å². The van der Waals surface area contributed by atoms with Gasteiger partial charge in [-0.15, -0.1) is 0 Å². The molecule has 2 aromatic rings. The summed E-state index contributed by atoms with van der Waals surface area (Å²) in [5.74, 6) is 0. The van der Waals surface area contributed by atoms with Crippen LogP contribution < -0.4 is 5.73 Å². The molecule has 1 heterocycles. The van der Waals surface area contributed by atoms with Crippen LogP contribution in [0.2, 0.25) is 0 Å². The van der Waals surface area contributed by atoms with Gasteiger partial charge in [0.05, 0.1) is 5.69 Å². The molecule has 0 unspecified atom stereocenters. The zero-order valence-corrected chi connectivity index (χ0v) is 10.9. The third kappa shape index (κ3) is 1.79. The third-order valence-corrected chi connectivity index (χ3v) is 4.07. The molecule has 0 spiro atoms. The number of benzene rings is 1. The molecule has 0 bridgehead atoms. The van der Waals surface area contributed by atoms with Crippen molar-refractivity contribution in [3.05, 3.63) is 40.9 Å². The van der Waals surface area contributed by atoms with Crippen molar-refractivity contribution in [2.45, 2.75) is 24.8 Å². The van der Waals surface area contributed by atoms with Crippen LogP contribution >= 0.6 is 15.9 Å². The lowest BCUT2D eigenvalue weighted by molar-refractivity contribution is 0.253. The van der Waals surface area contributed by atoms with Gasteiger partial charge in [0.2, 0.25) is 0 Å². The third-order valence-electron chi connectivity index (χ3n) is 3.43. The summed E-state index contributed by atoms with van der Waals surface area (Å²) in [7, 11) is 0. The van der Waals surface area contributed by atoms with Gasteiger partial charge in [0.25, 0.3) is 0 Å². The minimum Gasteiger partial charge on any atom is -0.321 e. The van der Waals surface area contributed by atoms with Gasteiger partial charge in [-0.05, 0) is 52.9 Å². The Bertz CT molecular complexity index is 531. The maximum Gasteiger partial charge on any atom is 0.138 e. The van der Waals surface area contributed by atoms with Crippen LogP contribution in [0.3, 0.4) is 0 Å². The normalized spacial score (nSPS) is 17.8. The number of nitrogens with zero attached hydrogens (tertiary/aromatic N) is 3. The molecule has 1 aliphatic carbocycles. The van der Waals surface area contributed by atoms with Crippen LogP contribution in [0.15, 0.2) is 35.3 Å². The first-order valence-electron chi connectivity index (χ1n) is 5.63. The summed E-state index contributed by atoms with van der Waals surface area (Å²) in [5.41, 5.74) is 8.36. The molecule has 1 aromatic carbocycles. The Morgan fingerprint density at radius 2 is 2.18 bits per heavy atom. The minimum atomic E-state index is -0.122. The van der Waals surface area contributed by atoms with Crippen molar-refractivity contribution in [2.24, 2.45) is 5.73 Å². The van der Waals surface area contributed by atoms with E-state index in [0.29, 0.717) is 0 Å². The number of hydrogen-bond acceptors (Lipinski definition) is 3. The van der Waals surface area contributed by atoms with Gasteiger partial charge in [0.1, 0.15) is 12.7 Å². The molecule has 1 fully saturated rings. The van der Waals surface area contributed by atoms with Gasteiger partial charge in [-0.1, -0.05) is 6.07 Å². The van der Waals surface area contributed by atoms with Crippen molar-refractivity contribution in [1.82, 2.24) is 14.8 Å². The van der Waals surface area contributed by atoms with Crippen LogP contribution in [-0.4, -0.2) is 14.8 Å².